The third-order valence-electron chi connectivity index (χ3n) is 7.87. The van der Waals surface area contributed by atoms with Gasteiger partial charge in [-0.3, -0.25) is 14.8 Å². The highest BCUT2D eigenvalue weighted by molar-refractivity contribution is 6.17. The summed E-state index contributed by atoms with van der Waals surface area (Å²) in [6.45, 7) is 10.0. The highest BCUT2D eigenvalue weighted by Gasteiger charge is 2.27. The number of amides is 1. The van der Waals surface area contributed by atoms with Gasteiger partial charge < -0.3 is 10.3 Å². The summed E-state index contributed by atoms with van der Waals surface area (Å²) in [6.07, 6.45) is 8.91. The topological polar surface area (TPSA) is 70.1 Å². The highest BCUT2D eigenvalue weighted by Crippen LogP contribution is 2.35. The third kappa shape index (κ3) is 5.30. The van der Waals surface area contributed by atoms with Crippen LogP contribution in [0, 0.1) is 11.7 Å². The SMILES string of the molecule is C=C(C)/C=C(\C=C(/C)NC(=O)C1CCC1)c1cnc2c(c1)C(c1cc3c(-c4ccc(F)cc4)cccc3[nH]1)=N[C@H]2C. The summed E-state index contributed by atoms with van der Waals surface area (Å²) in [6, 6.07) is 16.8. The van der Waals surface area contributed by atoms with Crippen molar-refractivity contribution in [2.45, 2.75) is 46.1 Å². The minimum absolute atomic E-state index is 0.0790. The van der Waals surface area contributed by atoms with Gasteiger partial charge in [-0.25, -0.2) is 4.39 Å². The smallest absolute Gasteiger partial charge is 0.227 e. The van der Waals surface area contributed by atoms with Gasteiger partial charge in [0.2, 0.25) is 5.91 Å². The van der Waals surface area contributed by atoms with E-state index >= 15 is 0 Å². The molecule has 2 aromatic carbocycles. The van der Waals surface area contributed by atoms with Crippen molar-refractivity contribution in [3.63, 3.8) is 0 Å². The molecule has 6 rings (SSSR count). The first-order valence-corrected chi connectivity index (χ1v) is 14.1. The van der Waals surface area contributed by atoms with E-state index in [1.807, 2.05) is 50.4 Å². The van der Waals surface area contributed by atoms with Gasteiger partial charge in [0.25, 0.3) is 0 Å². The van der Waals surface area contributed by atoms with Crippen LogP contribution in [0.25, 0.3) is 27.6 Å². The molecule has 1 aliphatic carbocycles. The van der Waals surface area contributed by atoms with Crippen LogP contribution in [0.1, 0.15) is 68.6 Å². The lowest BCUT2D eigenvalue weighted by atomic mass is 9.85. The Kier molecular flexibility index (Phi) is 7.00. The minimum atomic E-state index is -0.254. The van der Waals surface area contributed by atoms with Gasteiger partial charge in [0.15, 0.2) is 0 Å². The van der Waals surface area contributed by atoms with Crippen molar-refractivity contribution in [3.05, 3.63) is 119 Å². The van der Waals surface area contributed by atoms with Gasteiger partial charge in [0.05, 0.1) is 23.1 Å². The lowest BCUT2D eigenvalue weighted by Gasteiger charge is -2.24. The summed E-state index contributed by atoms with van der Waals surface area (Å²) in [7, 11) is 0. The van der Waals surface area contributed by atoms with E-state index in [0.717, 1.165) is 86.4 Å². The number of H-pyrrole nitrogens is 1. The zero-order valence-electron chi connectivity index (χ0n) is 23.6. The number of aromatic nitrogens is 2. The Morgan fingerprint density at radius 2 is 1.85 bits per heavy atom. The summed E-state index contributed by atoms with van der Waals surface area (Å²) in [5, 5.41) is 4.11. The number of hydrogen-bond acceptors (Lipinski definition) is 3. The predicted octanol–water partition coefficient (Wildman–Crippen LogP) is 8.06. The van der Waals surface area contributed by atoms with Crippen LogP contribution in [-0.4, -0.2) is 21.6 Å². The second-order valence-corrected chi connectivity index (χ2v) is 11.2. The molecule has 1 atom stereocenters. The number of aliphatic imine (C=N–C) groups is 1. The average Bonchev–Trinajstić information content (AvgIpc) is 3.48. The van der Waals surface area contributed by atoms with Gasteiger partial charge in [-0.15, -0.1) is 0 Å². The predicted molar refractivity (Wildman–Crippen MR) is 164 cm³/mol. The van der Waals surface area contributed by atoms with Crippen LogP contribution in [0.2, 0.25) is 0 Å². The molecule has 0 bridgehead atoms. The molecule has 0 unspecified atom stereocenters. The van der Waals surface area contributed by atoms with Crippen molar-refractivity contribution in [3.8, 4) is 11.1 Å². The number of hydrogen-bond donors (Lipinski definition) is 2. The second-order valence-electron chi connectivity index (χ2n) is 11.2. The normalized spacial score (nSPS) is 17.3. The van der Waals surface area contributed by atoms with Crippen molar-refractivity contribution < 1.29 is 9.18 Å². The van der Waals surface area contributed by atoms with Crippen molar-refractivity contribution in [1.82, 2.24) is 15.3 Å². The number of nitrogens with one attached hydrogen (secondary N) is 2. The molecule has 1 aliphatic heterocycles. The Morgan fingerprint density at radius 3 is 2.56 bits per heavy atom. The van der Waals surface area contributed by atoms with Gasteiger partial charge >= 0.3 is 0 Å². The molecule has 0 radical (unpaired) electrons. The fraction of sp³-hybridized carbons (Fsp3) is 0.229. The number of nitrogens with zero attached hydrogens (tertiary/aromatic N) is 2. The average molecular weight is 545 g/mol. The van der Waals surface area contributed by atoms with E-state index in [2.05, 4.69) is 35.9 Å². The summed E-state index contributed by atoms with van der Waals surface area (Å²) >= 11 is 0. The van der Waals surface area contributed by atoms with Gasteiger partial charge in [0.1, 0.15) is 5.82 Å². The maximum atomic E-state index is 13.6. The fourth-order valence-electron chi connectivity index (χ4n) is 5.57. The largest absolute Gasteiger partial charge is 0.353 e. The van der Waals surface area contributed by atoms with E-state index in [4.69, 9.17) is 9.98 Å². The van der Waals surface area contributed by atoms with Crippen LogP contribution < -0.4 is 5.32 Å². The first kappa shape index (κ1) is 26.6. The molecule has 41 heavy (non-hydrogen) atoms. The fourth-order valence-corrected chi connectivity index (χ4v) is 5.57. The van der Waals surface area contributed by atoms with E-state index in [9.17, 15) is 9.18 Å². The molecule has 0 saturated heterocycles. The number of aromatic amines is 1. The summed E-state index contributed by atoms with van der Waals surface area (Å²) in [4.78, 5) is 25.9. The van der Waals surface area contributed by atoms with Crippen molar-refractivity contribution in [2.24, 2.45) is 10.9 Å². The van der Waals surface area contributed by atoms with Crippen molar-refractivity contribution >= 4 is 28.1 Å². The number of pyridine rings is 1. The van der Waals surface area contributed by atoms with E-state index in [1.165, 1.54) is 12.1 Å². The molecular formula is C35H33FN4O. The number of carbonyl (C=O) groups is 1. The zero-order chi connectivity index (χ0) is 28.7. The summed E-state index contributed by atoms with van der Waals surface area (Å²) < 4.78 is 13.6. The molecule has 0 spiro atoms. The Balaban J connectivity index is 1.37. The van der Waals surface area contributed by atoms with Crippen molar-refractivity contribution in [2.75, 3.05) is 0 Å². The van der Waals surface area contributed by atoms with Crippen LogP contribution in [0.4, 0.5) is 4.39 Å². The van der Waals surface area contributed by atoms with Gasteiger partial charge in [0, 0.05) is 39.8 Å². The summed E-state index contributed by atoms with van der Waals surface area (Å²) in [5.74, 6) is -0.0433. The number of fused-ring (bicyclic) bond motifs is 2. The lowest BCUT2D eigenvalue weighted by Crippen LogP contribution is -2.33. The number of halogens is 1. The quantitative estimate of drug-likeness (QED) is 0.231. The maximum Gasteiger partial charge on any atom is 0.227 e. The van der Waals surface area contributed by atoms with E-state index in [0.29, 0.717) is 0 Å². The van der Waals surface area contributed by atoms with E-state index < -0.39 is 0 Å². The molecule has 1 fully saturated rings. The molecule has 4 aromatic rings. The molecule has 2 aliphatic rings. The molecule has 1 saturated carbocycles. The van der Waals surface area contributed by atoms with Gasteiger partial charge in [-0.05, 0) is 86.7 Å². The Morgan fingerprint density at radius 1 is 1.07 bits per heavy atom. The van der Waals surface area contributed by atoms with Crippen molar-refractivity contribution in [1.29, 1.82) is 0 Å². The minimum Gasteiger partial charge on any atom is -0.353 e. The molecule has 6 heteroatoms. The standard InChI is InChI=1S/C35H33FN4O/c1-20(2)15-25(16-21(3)38-35(41)24-7-5-8-24)26-17-30-33(37-19-26)22(4)39-34(30)32-18-29-28(9-6-10-31(29)40-32)23-11-13-27(36)14-12-23/h6,9-19,22,24,40H,1,5,7-8H2,2-4H3,(H,38,41)/b21-16+,25-15+/t22-/m0/s1. The zero-order valence-corrected chi connectivity index (χ0v) is 23.6. The van der Waals surface area contributed by atoms with Gasteiger partial charge in [-0.2, -0.15) is 0 Å². The van der Waals surface area contributed by atoms with E-state index in [-0.39, 0.29) is 23.7 Å². The monoisotopic (exact) mass is 544 g/mol. The molecule has 5 nitrogen and oxygen atoms in total. The molecule has 1 amide bonds. The van der Waals surface area contributed by atoms with Crippen LogP contribution in [0.15, 0.2) is 95.8 Å². The molecule has 206 valence electrons. The second kappa shape index (κ2) is 10.8. The van der Waals surface area contributed by atoms with Crippen LogP contribution in [0.5, 0.6) is 0 Å². The third-order valence-corrected chi connectivity index (χ3v) is 7.87. The molecule has 3 heterocycles. The van der Waals surface area contributed by atoms with Crippen LogP contribution in [-0.2, 0) is 4.79 Å². The van der Waals surface area contributed by atoms with Crippen LogP contribution in [0.3, 0.4) is 0 Å². The Bertz CT molecular complexity index is 1770. The number of rotatable bonds is 7. The molecule has 2 aromatic heterocycles. The number of carbonyl (C=O) groups excluding carboxylic acids is 1. The van der Waals surface area contributed by atoms with Crippen LogP contribution >= 0.6 is 0 Å². The maximum absolute atomic E-state index is 13.6. The Hall–Kier alpha value is -4.58. The first-order chi connectivity index (χ1) is 19.8. The highest BCUT2D eigenvalue weighted by atomic mass is 19.1. The lowest BCUT2D eigenvalue weighted by molar-refractivity contribution is -0.126. The number of benzene rings is 2. The van der Waals surface area contributed by atoms with E-state index in [1.54, 1.807) is 12.1 Å². The van der Waals surface area contributed by atoms with Gasteiger partial charge in [-0.1, -0.05) is 48.9 Å². The summed E-state index contributed by atoms with van der Waals surface area (Å²) in [5.41, 5.74) is 10.2. The molecule has 2 N–H and O–H groups in total. The number of allylic oxidation sites excluding steroid dienone is 5. The first-order valence-electron chi connectivity index (χ1n) is 14.1. The molecular weight excluding hydrogens is 511 g/mol. The Labute approximate surface area is 239 Å².